The molecule has 3 atom stereocenters. The van der Waals surface area contributed by atoms with E-state index in [4.69, 9.17) is 0 Å². The molecule has 0 aliphatic carbocycles. The van der Waals surface area contributed by atoms with Gasteiger partial charge in [-0.1, -0.05) is 84.9 Å². The molecule has 0 radical (unpaired) electrons. The molecule has 1 fully saturated rings. The average Bonchev–Trinajstić information content (AvgIpc) is 2.88. The molecule has 4 N–H and O–H groups in total. The molecule has 3 amide bonds. The summed E-state index contributed by atoms with van der Waals surface area (Å²) in [5.41, 5.74) is 3.69. The summed E-state index contributed by atoms with van der Waals surface area (Å²) >= 11 is 0. The van der Waals surface area contributed by atoms with Gasteiger partial charge in [0.15, 0.2) is 0 Å². The Bertz CT molecular complexity index is 1230. The highest BCUT2D eigenvalue weighted by Crippen LogP contribution is 2.20. The van der Waals surface area contributed by atoms with Crippen LogP contribution in [0.5, 0.6) is 0 Å². The van der Waals surface area contributed by atoms with Gasteiger partial charge in [0.05, 0.1) is 6.42 Å². The number of rotatable bonds is 9. The first-order chi connectivity index (χ1) is 17.4. The lowest BCUT2D eigenvalue weighted by Crippen LogP contribution is -2.63. The van der Waals surface area contributed by atoms with E-state index in [2.05, 4.69) is 16.0 Å². The molecule has 8 nitrogen and oxygen atoms in total. The minimum Gasteiger partial charge on any atom is -0.480 e. The Hall–Kier alpha value is -4.46. The number of hydrogen-bond acceptors (Lipinski definition) is 4. The van der Waals surface area contributed by atoms with Crippen molar-refractivity contribution in [2.24, 2.45) is 0 Å². The van der Waals surface area contributed by atoms with Gasteiger partial charge in [0.2, 0.25) is 17.7 Å². The predicted molar refractivity (Wildman–Crippen MR) is 134 cm³/mol. The lowest BCUT2D eigenvalue weighted by atomic mass is 9.99. The Morgan fingerprint density at radius 1 is 0.750 bits per heavy atom. The SMILES string of the molecule is O=C(C[C@@H]1NC(=O)[C@H](Cc2ccccc2)NC1=O)N[C@H](Cc1ccc(-c2ccccc2)cc1)C(=O)O. The van der Waals surface area contributed by atoms with Gasteiger partial charge in [-0.2, -0.15) is 0 Å². The van der Waals surface area contributed by atoms with Gasteiger partial charge in [-0.3, -0.25) is 14.4 Å². The van der Waals surface area contributed by atoms with Crippen LogP contribution in [0, 0.1) is 0 Å². The van der Waals surface area contributed by atoms with Crippen molar-refractivity contribution in [1.82, 2.24) is 16.0 Å². The Labute approximate surface area is 208 Å². The maximum Gasteiger partial charge on any atom is 0.326 e. The molecule has 1 aliphatic rings. The Morgan fingerprint density at radius 3 is 1.94 bits per heavy atom. The topological polar surface area (TPSA) is 125 Å². The van der Waals surface area contributed by atoms with Crippen molar-refractivity contribution >= 4 is 23.7 Å². The molecular formula is C28H27N3O5. The number of nitrogens with one attached hydrogen (secondary N) is 3. The molecule has 0 spiro atoms. The minimum atomic E-state index is -1.18. The van der Waals surface area contributed by atoms with Crippen LogP contribution in [0.25, 0.3) is 11.1 Å². The maximum absolute atomic E-state index is 12.6. The summed E-state index contributed by atoms with van der Waals surface area (Å²) < 4.78 is 0. The van der Waals surface area contributed by atoms with Crippen LogP contribution >= 0.6 is 0 Å². The number of amides is 3. The molecular weight excluding hydrogens is 458 g/mol. The zero-order valence-corrected chi connectivity index (χ0v) is 19.5. The van der Waals surface area contributed by atoms with Gasteiger partial charge < -0.3 is 21.1 Å². The summed E-state index contributed by atoms with van der Waals surface area (Å²) in [6, 6.07) is 23.6. The molecule has 4 rings (SSSR count). The Kier molecular flexibility index (Phi) is 7.75. The van der Waals surface area contributed by atoms with Crippen molar-refractivity contribution in [1.29, 1.82) is 0 Å². The number of carboxylic acid groups (broad SMARTS) is 1. The summed E-state index contributed by atoms with van der Waals surface area (Å²) in [6.07, 6.45) is 0.0619. The van der Waals surface area contributed by atoms with Gasteiger partial charge in [0, 0.05) is 12.8 Å². The summed E-state index contributed by atoms with van der Waals surface area (Å²) in [5, 5.41) is 17.3. The monoisotopic (exact) mass is 485 g/mol. The van der Waals surface area contributed by atoms with E-state index in [9.17, 15) is 24.3 Å². The molecule has 0 aromatic heterocycles. The first-order valence-electron chi connectivity index (χ1n) is 11.7. The third kappa shape index (κ3) is 6.35. The lowest BCUT2D eigenvalue weighted by molar-refractivity contribution is -0.142. The van der Waals surface area contributed by atoms with Crippen molar-refractivity contribution in [3.63, 3.8) is 0 Å². The molecule has 8 heteroatoms. The molecule has 0 saturated carbocycles. The largest absolute Gasteiger partial charge is 0.480 e. The van der Waals surface area contributed by atoms with Gasteiger partial charge in [0.25, 0.3) is 0 Å². The van der Waals surface area contributed by atoms with E-state index >= 15 is 0 Å². The predicted octanol–water partition coefficient (Wildman–Crippen LogP) is 2.08. The van der Waals surface area contributed by atoms with Gasteiger partial charge in [-0.25, -0.2) is 4.79 Å². The minimum absolute atomic E-state index is 0.0819. The molecule has 1 saturated heterocycles. The van der Waals surface area contributed by atoms with Crippen LogP contribution in [0.3, 0.4) is 0 Å². The summed E-state index contributed by atoms with van der Waals surface area (Å²) in [4.78, 5) is 49.4. The van der Waals surface area contributed by atoms with Crippen molar-refractivity contribution in [2.75, 3.05) is 0 Å². The average molecular weight is 486 g/mol. The van der Waals surface area contributed by atoms with E-state index in [1.54, 1.807) is 0 Å². The fraction of sp³-hybridized carbons (Fsp3) is 0.214. The zero-order valence-electron chi connectivity index (χ0n) is 19.5. The molecule has 0 unspecified atom stereocenters. The van der Waals surface area contributed by atoms with Crippen LogP contribution in [-0.4, -0.2) is 46.9 Å². The number of benzene rings is 3. The van der Waals surface area contributed by atoms with E-state index in [1.807, 2.05) is 84.9 Å². The van der Waals surface area contributed by atoms with Crippen LogP contribution in [-0.2, 0) is 32.0 Å². The number of hydrogen-bond donors (Lipinski definition) is 4. The highest BCUT2D eigenvalue weighted by atomic mass is 16.4. The molecule has 0 bridgehead atoms. The Morgan fingerprint density at radius 2 is 1.31 bits per heavy atom. The number of carbonyl (C=O) groups excluding carboxylic acids is 3. The van der Waals surface area contributed by atoms with E-state index in [0.717, 1.165) is 22.3 Å². The first kappa shape index (κ1) is 24.7. The van der Waals surface area contributed by atoms with Crippen molar-refractivity contribution in [3.8, 4) is 11.1 Å². The molecule has 36 heavy (non-hydrogen) atoms. The van der Waals surface area contributed by atoms with Crippen LogP contribution in [0.1, 0.15) is 17.5 Å². The number of carboxylic acids is 1. The smallest absolute Gasteiger partial charge is 0.326 e. The highest BCUT2D eigenvalue weighted by Gasteiger charge is 2.35. The molecule has 1 aliphatic heterocycles. The van der Waals surface area contributed by atoms with Crippen LogP contribution in [0.4, 0.5) is 0 Å². The van der Waals surface area contributed by atoms with E-state index in [1.165, 1.54) is 0 Å². The fourth-order valence-electron chi connectivity index (χ4n) is 4.15. The number of piperazine rings is 1. The second-order valence-corrected chi connectivity index (χ2v) is 8.74. The van der Waals surface area contributed by atoms with Crippen molar-refractivity contribution in [3.05, 3.63) is 96.1 Å². The summed E-state index contributed by atoms with van der Waals surface area (Å²) in [6.45, 7) is 0. The van der Waals surface area contributed by atoms with Gasteiger partial charge in [-0.05, 0) is 22.3 Å². The number of carbonyl (C=O) groups is 4. The first-order valence-corrected chi connectivity index (χ1v) is 11.7. The third-order valence-corrected chi connectivity index (χ3v) is 6.07. The second-order valence-electron chi connectivity index (χ2n) is 8.74. The molecule has 1 heterocycles. The zero-order chi connectivity index (χ0) is 25.5. The maximum atomic E-state index is 12.6. The molecule has 3 aromatic rings. The standard InChI is InChI=1S/C28H27N3O5/c32-25(17-23-27(34)30-22(26(33)31-23)15-18-7-3-1-4-8-18)29-24(28(35)36)16-19-11-13-21(14-12-19)20-9-5-2-6-10-20/h1-14,22-24H,15-17H2,(H,29,32)(H,30,34)(H,31,33)(H,35,36)/t22-,23-,24+/m0/s1. The summed E-state index contributed by atoms with van der Waals surface area (Å²) in [7, 11) is 0. The van der Waals surface area contributed by atoms with Crippen LogP contribution in [0.15, 0.2) is 84.9 Å². The number of aliphatic carboxylic acids is 1. The fourth-order valence-corrected chi connectivity index (χ4v) is 4.15. The van der Waals surface area contributed by atoms with E-state index in [-0.39, 0.29) is 18.7 Å². The molecule has 184 valence electrons. The summed E-state index contributed by atoms with van der Waals surface area (Å²) in [5.74, 6) is -2.68. The Balaban J connectivity index is 1.32. The van der Waals surface area contributed by atoms with Gasteiger partial charge in [0.1, 0.15) is 18.1 Å². The third-order valence-electron chi connectivity index (χ3n) is 6.07. The second kappa shape index (κ2) is 11.3. The van der Waals surface area contributed by atoms with E-state index in [0.29, 0.717) is 6.42 Å². The molecule has 3 aromatic carbocycles. The van der Waals surface area contributed by atoms with Gasteiger partial charge in [-0.15, -0.1) is 0 Å². The van der Waals surface area contributed by atoms with Crippen LogP contribution in [0.2, 0.25) is 0 Å². The van der Waals surface area contributed by atoms with Crippen LogP contribution < -0.4 is 16.0 Å². The van der Waals surface area contributed by atoms with Gasteiger partial charge >= 0.3 is 5.97 Å². The van der Waals surface area contributed by atoms with Crippen molar-refractivity contribution < 1.29 is 24.3 Å². The normalized spacial score (nSPS) is 18.0. The lowest BCUT2D eigenvalue weighted by Gasteiger charge is -2.29. The van der Waals surface area contributed by atoms with E-state index < -0.39 is 35.9 Å². The quantitative estimate of drug-likeness (QED) is 0.369. The van der Waals surface area contributed by atoms with Crippen molar-refractivity contribution in [2.45, 2.75) is 37.4 Å². The highest BCUT2D eigenvalue weighted by molar-refractivity contribution is 5.99.